The second kappa shape index (κ2) is 8.54. The molecule has 0 atom stereocenters. The Hall–Kier alpha value is -4.08. The van der Waals surface area contributed by atoms with Crippen molar-refractivity contribution in [3.8, 4) is 0 Å². The molecule has 1 aromatic carbocycles. The lowest BCUT2D eigenvalue weighted by atomic mass is 10.1. The molecule has 0 fully saturated rings. The summed E-state index contributed by atoms with van der Waals surface area (Å²) < 4.78 is 0. The maximum Gasteiger partial charge on any atom is 0.355 e. The minimum Gasteiger partial charge on any atom is -0.334 e. The molecule has 2 aromatic heterocycles. The van der Waals surface area contributed by atoms with Crippen LogP contribution >= 0.6 is 0 Å². The highest BCUT2D eigenvalue weighted by atomic mass is 16.6. The highest BCUT2D eigenvalue weighted by Gasteiger charge is 2.24. The monoisotopic (exact) mass is 379 g/mol. The third-order valence-corrected chi connectivity index (χ3v) is 3.89. The Morgan fingerprint density at radius 1 is 1.11 bits per heavy atom. The number of nitro groups is 1. The van der Waals surface area contributed by atoms with E-state index in [1.54, 1.807) is 0 Å². The van der Waals surface area contributed by atoms with Crippen molar-refractivity contribution in [1.29, 1.82) is 0 Å². The number of hydrogen-bond donors (Lipinski definition) is 3. The predicted molar refractivity (Wildman–Crippen MR) is 103 cm³/mol. The second-order valence-corrected chi connectivity index (χ2v) is 5.63. The van der Waals surface area contributed by atoms with Gasteiger partial charge in [-0.3, -0.25) is 30.7 Å². The van der Waals surface area contributed by atoms with Crippen molar-refractivity contribution in [3.63, 3.8) is 0 Å². The summed E-state index contributed by atoms with van der Waals surface area (Å²) in [5.41, 5.74) is 6.53. The molecular weight excluding hydrogens is 362 g/mol. The van der Waals surface area contributed by atoms with Crippen LogP contribution in [0.1, 0.15) is 22.8 Å². The first kappa shape index (κ1) is 18.7. The normalized spacial score (nSPS) is 10.2. The number of para-hydroxylation sites is 1. The van der Waals surface area contributed by atoms with Crippen molar-refractivity contribution in [2.45, 2.75) is 13.3 Å². The molecule has 3 aromatic rings. The number of rotatable bonds is 7. The van der Waals surface area contributed by atoms with E-state index < -0.39 is 10.8 Å². The van der Waals surface area contributed by atoms with Gasteiger partial charge in [-0.15, -0.1) is 0 Å². The molecule has 0 aliphatic carbocycles. The number of hydrogen-bond acceptors (Lipinski definition) is 8. The molecule has 3 N–H and O–H groups in total. The number of nitrogens with one attached hydrogen (secondary N) is 3. The maximum atomic E-state index is 12.1. The Morgan fingerprint density at radius 2 is 1.82 bits per heavy atom. The standard InChI is InChI=1S/C18H17N7O3/c1-2-12-5-3-4-6-14(12)22-16-15(25(27)28)17(21-11-20-16)23-24-18(26)13-7-9-19-10-8-13/h3-11H,2H2,1H3,(H,24,26)(H2,20,21,22,23). The van der Waals surface area contributed by atoms with Gasteiger partial charge in [0.25, 0.3) is 5.91 Å². The average Bonchev–Trinajstić information content (AvgIpc) is 2.73. The molecule has 2 heterocycles. The van der Waals surface area contributed by atoms with Crippen LogP contribution in [0.4, 0.5) is 23.0 Å². The summed E-state index contributed by atoms with van der Waals surface area (Å²) >= 11 is 0. The number of aryl methyl sites for hydroxylation is 1. The number of amides is 1. The number of benzene rings is 1. The first-order chi connectivity index (χ1) is 13.6. The quantitative estimate of drug-likeness (QED) is 0.421. The van der Waals surface area contributed by atoms with E-state index in [1.165, 1.54) is 30.9 Å². The largest absolute Gasteiger partial charge is 0.355 e. The van der Waals surface area contributed by atoms with Crippen LogP contribution in [0.25, 0.3) is 0 Å². The molecule has 0 unspecified atom stereocenters. The van der Waals surface area contributed by atoms with Gasteiger partial charge in [-0.1, -0.05) is 25.1 Å². The molecule has 0 saturated carbocycles. The van der Waals surface area contributed by atoms with Crippen LogP contribution in [0.5, 0.6) is 0 Å². The van der Waals surface area contributed by atoms with Gasteiger partial charge in [-0.2, -0.15) is 0 Å². The van der Waals surface area contributed by atoms with Crippen molar-refractivity contribution in [2.24, 2.45) is 0 Å². The summed E-state index contributed by atoms with van der Waals surface area (Å²) in [6.07, 6.45) is 4.85. The molecule has 0 radical (unpaired) electrons. The Morgan fingerprint density at radius 3 is 2.54 bits per heavy atom. The van der Waals surface area contributed by atoms with E-state index in [1.807, 2.05) is 31.2 Å². The number of hydrazine groups is 1. The molecule has 0 aliphatic rings. The molecule has 0 saturated heterocycles. The fourth-order valence-corrected chi connectivity index (χ4v) is 2.50. The summed E-state index contributed by atoms with van der Waals surface area (Å²) in [5, 5.41) is 14.6. The predicted octanol–water partition coefficient (Wildman–Crippen LogP) is 2.84. The number of anilines is 3. The fraction of sp³-hybridized carbons (Fsp3) is 0.111. The molecule has 3 rings (SSSR count). The molecule has 10 nitrogen and oxygen atoms in total. The van der Waals surface area contributed by atoms with Gasteiger partial charge in [-0.05, 0) is 30.2 Å². The zero-order valence-corrected chi connectivity index (χ0v) is 14.9. The summed E-state index contributed by atoms with van der Waals surface area (Å²) in [7, 11) is 0. The van der Waals surface area contributed by atoms with Crippen molar-refractivity contribution in [3.05, 3.63) is 76.4 Å². The Labute approximate surface area is 160 Å². The van der Waals surface area contributed by atoms with Gasteiger partial charge in [0, 0.05) is 23.6 Å². The summed E-state index contributed by atoms with van der Waals surface area (Å²) in [6, 6.07) is 10.5. The highest BCUT2D eigenvalue weighted by Crippen LogP contribution is 2.31. The summed E-state index contributed by atoms with van der Waals surface area (Å²) in [4.78, 5) is 34.8. The third kappa shape index (κ3) is 4.18. The molecule has 1 amide bonds. The van der Waals surface area contributed by atoms with Crippen LogP contribution < -0.4 is 16.2 Å². The minimum absolute atomic E-state index is 0.0153. The first-order valence-corrected chi connectivity index (χ1v) is 8.40. The number of carbonyl (C=O) groups is 1. The summed E-state index contributed by atoms with van der Waals surface area (Å²) in [5.74, 6) is -0.610. The minimum atomic E-state index is -0.613. The molecular formula is C18H17N7O3. The van der Waals surface area contributed by atoms with E-state index in [2.05, 4.69) is 31.1 Å². The van der Waals surface area contributed by atoms with Gasteiger partial charge in [0.05, 0.1) is 4.92 Å². The van der Waals surface area contributed by atoms with E-state index in [-0.39, 0.29) is 17.3 Å². The molecule has 28 heavy (non-hydrogen) atoms. The van der Waals surface area contributed by atoms with E-state index in [0.717, 1.165) is 12.0 Å². The Kier molecular flexibility index (Phi) is 5.70. The van der Waals surface area contributed by atoms with Crippen molar-refractivity contribution in [1.82, 2.24) is 20.4 Å². The number of carbonyl (C=O) groups excluding carboxylic acids is 1. The van der Waals surface area contributed by atoms with Crippen LogP contribution in [0.15, 0.2) is 55.1 Å². The van der Waals surface area contributed by atoms with Gasteiger partial charge in [0.1, 0.15) is 6.33 Å². The summed E-state index contributed by atoms with van der Waals surface area (Å²) in [6.45, 7) is 1.98. The number of aromatic nitrogens is 3. The molecule has 0 spiro atoms. The topological polar surface area (TPSA) is 135 Å². The van der Waals surface area contributed by atoms with Crippen LogP contribution in [0, 0.1) is 10.1 Å². The molecule has 0 bridgehead atoms. The smallest absolute Gasteiger partial charge is 0.334 e. The number of pyridine rings is 1. The van der Waals surface area contributed by atoms with Gasteiger partial charge in [0.15, 0.2) is 0 Å². The van der Waals surface area contributed by atoms with E-state index in [4.69, 9.17) is 0 Å². The van der Waals surface area contributed by atoms with Crippen molar-refractivity contribution >= 4 is 28.9 Å². The zero-order valence-electron chi connectivity index (χ0n) is 14.9. The highest BCUT2D eigenvalue weighted by molar-refractivity contribution is 5.94. The van der Waals surface area contributed by atoms with Crippen LogP contribution in [0.3, 0.4) is 0 Å². The fourth-order valence-electron chi connectivity index (χ4n) is 2.50. The Bertz CT molecular complexity index is 995. The average molecular weight is 379 g/mol. The van der Waals surface area contributed by atoms with Gasteiger partial charge < -0.3 is 5.32 Å². The van der Waals surface area contributed by atoms with Crippen LogP contribution in [-0.4, -0.2) is 25.8 Å². The molecule has 142 valence electrons. The van der Waals surface area contributed by atoms with E-state index in [0.29, 0.717) is 11.3 Å². The molecule has 10 heteroatoms. The lowest BCUT2D eigenvalue weighted by Gasteiger charge is -2.12. The third-order valence-electron chi connectivity index (χ3n) is 3.89. The van der Waals surface area contributed by atoms with Crippen LogP contribution in [-0.2, 0) is 6.42 Å². The second-order valence-electron chi connectivity index (χ2n) is 5.63. The Balaban J connectivity index is 1.85. The first-order valence-electron chi connectivity index (χ1n) is 8.40. The van der Waals surface area contributed by atoms with Gasteiger partial charge >= 0.3 is 5.69 Å². The lowest BCUT2D eigenvalue weighted by molar-refractivity contribution is -0.383. The van der Waals surface area contributed by atoms with Crippen LogP contribution in [0.2, 0.25) is 0 Å². The van der Waals surface area contributed by atoms with E-state index >= 15 is 0 Å². The van der Waals surface area contributed by atoms with E-state index in [9.17, 15) is 14.9 Å². The van der Waals surface area contributed by atoms with Crippen molar-refractivity contribution < 1.29 is 9.72 Å². The molecule has 0 aliphatic heterocycles. The number of nitrogens with zero attached hydrogens (tertiary/aromatic N) is 4. The van der Waals surface area contributed by atoms with Gasteiger partial charge in [0.2, 0.25) is 11.6 Å². The van der Waals surface area contributed by atoms with Gasteiger partial charge in [-0.25, -0.2) is 9.97 Å². The lowest BCUT2D eigenvalue weighted by Crippen LogP contribution is -2.30. The maximum absolute atomic E-state index is 12.1. The zero-order chi connectivity index (χ0) is 19.9. The van der Waals surface area contributed by atoms with Crippen molar-refractivity contribution in [2.75, 3.05) is 10.7 Å². The SMILES string of the molecule is CCc1ccccc1Nc1ncnc(NNC(=O)c2ccncc2)c1[N+](=O)[O-].